The van der Waals surface area contributed by atoms with Crippen LogP contribution in [0.5, 0.6) is 0 Å². The molecule has 116 valence electrons. The van der Waals surface area contributed by atoms with Gasteiger partial charge in [0.05, 0.1) is 11.0 Å². The lowest BCUT2D eigenvalue weighted by atomic mass is 9.76. The Kier molecular flexibility index (Phi) is 3.15. The van der Waals surface area contributed by atoms with Crippen LogP contribution < -0.4 is 5.32 Å². The summed E-state index contributed by atoms with van der Waals surface area (Å²) in [5.41, 5.74) is 2.04. The van der Waals surface area contributed by atoms with Gasteiger partial charge in [-0.3, -0.25) is 10.1 Å². The maximum atomic E-state index is 14.3. The van der Waals surface area contributed by atoms with Gasteiger partial charge in [0, 0.05) is 17.5 Å². The van der Waals surface area contributed by atoms with E-state index in [2.05, 4.69) is 17.5 Å². The molecule has 1 aliphatic carbocycles. The molecule has 0 saturated heterocycles. The summed E-state index contributed by atoms with van der Waals surface area (Å²) in [6.45, 7) is 0. The van der Waals surface area contributed by atoms with Gasteiger partial charge >= 0.3 is 0 Å². The second kappa shape index (κ2) is 5.19. The summed E-state index contributed by atoms with van der Waals surface area (Å²) in [6, 6.07) is 11.5. The van der Waals surface area contributed by atoms with E-state index in [4.69, 9.17) is 0 Å². The minimum atomic E-state index is -0.386. The zero-order chi connectivity index (χ0) is 16.0. The number of nitro groups is 1. The predicted molar refractivity (Wildman–Crippen MR) is 85.8 cm³/mol. The van der Waals surface area contributed by atoms with Crippen LogP contribution in [0.25, 0.3) is 0 Å². The molecule has 1 heterocycles. The van der Waals surface area contributed by atoms with Crippen molar-refractivity contribution in [1.29, 1.82) is 0 Å². The van der Waals surface area contributed by atoms with Crippen molar-refractivity contribution >= 4 is 11.4 Å². The number of anilines is 1. The van der Waals surface area contributed by atoms with Gasteiger partial charge in [-0.2, -0.15) is 0 Å². The van der Waals surface area contributed by atoms with Crippen LogP contribution in [0, 0.1) is 21.8 Å². The van der Waals surface area contributed by atoms with Gasteiger partial charge in [0.25, 0.3) is 5.69 Å². The van der Waals surface area contributed by atoms with Gasteiger partial charge in [-0.05, 0) is 24.0 Å². The number of para-hydroxylation sites is 1. The molecule has 3 atom stereocenters. The van der Waals surface area contributed by atoms with E-state index in [9.17, 15) is 14.5 Å². The molecule has 0 aromatic heterocycles. The van der Waals surface area contributed by atoms with Crippen molar-refractivity contribution < 1.29 is 9.31 Å². The highest BCUT2D eigenvalue weighted by molar-refractivity contribution is 5.71. The van der Waals surface area contributed by atoms with E-state index < -0.39 is 0 Å². The topological polar surface area (TPSA) is 55.2 Å². The lowest BCUT2D eigenvalue weighted by molar-refractivity contribution is -0.384. The Labute approximate surface area is 132 Å². The normalized spacial score (nSPS) is 24.7. The summed E-state index contributed by atoms with van der Waals surface area (Å²) in [4.78, 5) is 11.0. The number of allylic oxidation sites excluding steroid dienone is 2. The lowest BCUT2D eigenvalue weighted by Crippen LogP contribution is -2.30. The van der Waals surface area contributed by atoms with Gasteiger partial charge in [-0.15, -0.1) is 0 Å². The third-order valence-electron chi connectivity index (χ3n) is 4.81. The standard InChI is InChI=1S/C18H15FN2O2/c19-15-9-2-1-5-14(15)17-12-7-3-6-11(12)13-8-4-10-16(21(22)23)18(13)20-17/h1-6,8-12,17,20H,7H2/t11-,12-,17-/m1/s1. The zero-order valence-electron chi connectivity index (χ0n) is 12.3. The average Bonchev–Trinajstić information content (AvgIpc) is 3.04. The van der Waals surface area contributed by atoms with E-state index in [0.29, 0.717) is 11.3 Å². The summed E-state index contributed by atoms with van der Waals surface area (Å²) < 4.78 is 14.3. The molecule has 0 amide bonds. The predicted octanol–water partition coefficient (Wildman–Crippen LogP) is 4.56. The molecule has 0 bridgehead atoms. The molecule has 1 N–H and O–H groups in total. The highest BCUT2D eigenvalue weighted by atomic mass is 19.1. The van der Waals surface area contributed by atoms with Gasteiger partial charge in [-0.25, -0.2) is 4.39 Å². The lowest BCUT2D eigenvalue weighted by Gasteiger charge is -2.37. The molecular weight excluding hydrogens is 295 g/mol. The molecule has 2 aromatic carbocycles. The summed E-state index contributed by atoms with van der Waals surface area (Å²) in [6.07, 6.45) is 5.00. The highest BCUT2D eigenvalue weighted by Gasteiger charge is 2.41. The second-order valence-corrected chi connectivity index (χ2v) is 6.00. The first-order valence-electron chi connectivity index (χ1n) is 7.61. The van der Waals surface area contributed by atoms with Crippen LogP contribution in [-0.2, 0) is 0 Å². The molecule has 2 aromatic rings. The van der Waals surface area contributed by atoms with Gasteiger partial charge in [0.2, 0.25) is 0 Å². The smallest absolute Gasteiger partial charge is 0.292 e. The average molecular weight is 310 g/mol. The summed E-state index contributed by atoms with van der Waals surface area (Å²) in [5, 5.41) is 14.6. The zero-order valence-corrected chi connectivity index (χ0v) is 12.3. The van der Waals surface area contributed by atoms with Gasteiger partial charge in [0.15, 0.2) is 0 Å². The number of fused-ring (bicyclic) bond motifs is 3. The van der Waals surface area contributed by atoms with Gasteiger partial charge in [0.1, 0.15) is 11.5 Å². The monoisotopic (exact) mass is 310 g/mol. The summed E-state index contributed by atoms with van der Waals surface area (Å²) >= 11 is 0. The molecule has 0 fully saturated rings. The second-order valence-electron chi connectivity index (χ2n) is 6.00. The fourth-order valence-electron chi connectivity index (χ4n) is 3.79. The number of halogens is 1. The van der Waals surface area contributed by atoms with Crippen molar-refractivity contribution in [3.8, 4) is 0 Å². The largest absolute Gasteiger partial charge is 0.372 e. The Morgan fingerprint density at radius 2 is 1.91 bits per heavy atom. The van der Waals surface area contributed by atoms with Crippen molar-refractivity contribution in [2.24, 2.45) is 5.92 Å². The van der Waals surface area contributed by atoms with Crippen molar-refractivity contribution in [2.75, 3.05) is 5.32 Å². The number of nitrogens with one attached hydrogen (secondary N) is 1. The molecule has 0 saturated carbocycles. The minimum Gasteiger partial charge on any atom is -0.372 e. The van der Waals surface area contributed by atoms with Crippen LogP contribution in [0.3, 0.4) is 0 Å². The number of hydrogen-bond acceptors (Lipinski definition) is 3. The molecule has 0 radical (unpaired) electrons. The molecule has 4 nitrogen and oxygen atoms in total. The Morgan fingerprint density at radius 3 is 2.70 bits per heavy atom. The van der Waals surface area contributed by atoms with Crippen molar-refractivity contribution in [1.82, 2.24) is 0 Å². The van der Waals surface area contributed by atoms with E-state index in [0.717, 1.165) is 12.0 Å². The Bertz CT molecular complexity index is 818. The third kappa shape index (κ3) is 2.11. The van der Waals surface area contributed by atoms with Crippen LogP contribution >= 0.6 is 0 Å². The Morgan fingerprint density at radius 1 is 1.13 bits per heavy atom. The molecule has 23 heavy (non-hydrogen) atoms. The van der Waals surface area contributed by atoms with Gasteiger partial charge < -0.3 is 5.32 Å². The van der Waals surface area contributed by atoms with Crippen molar-refractivity contribution in [3.63, 3.8) is 0 Å². The number of nitrogens with zero attached hydrogens (tertiary/aromatic N) is 1. The van der Waals surface area contributed by atoms with E-state index in [-0.39, 0.29) is 34.3 Å². The maximum absolute atomic E-state index is 14.3. The SMILES string of the molecule is O=[N+]([O-])c1cccc2c1N[C@@H](c1ccccc1F)[C@@H]1CC=C[C@@H]21. The van der Waals surface area contributed by atoms with Crippen molar-refractivity contribution in [3.05, 3.63) is 81.7 Å². The number of nitro benzene ring substituents is 1. The van der Waals surface area contributed by atoms with Crippen LogP contribution in [0.1, 0.15) is 29.5 Å². The Hall–Kier alpha value is -2.69. The first-order valence-corrected chi connectivity index (χ1v) is 7.61. The minimum absolute atomic E-state index is 0.0441. The Balaban J connectivity index is 1.87. The van der Waals surface area contributed by atoms with Crippen LogP contribution in [0.15, 0.2) is 54.6 Å². The summed E-state index contributed by atoms with van der Waals surface area (Å²) in [7, 11) is 0. The number of rotatable bonds is 2. The summed E-state index contributed by atoms with van der Waals surface area (Å²) in [5.74, 6) is -0.0326. The number of hydrogen-bond donors (Lipinski definition) is 1. The molecule has 0 unspecified atom stereocenters. The fourth-order valence-corrected chi connectivity index (χ4v) is 3.79. The van der Waals surface area contributed by atoms with E-state index in [1.54, 1.807) is 24.3 Å². The van der Waals surface area contributed by atoms with Crippen LogP contribution in [-0.4, -0.2) is 4.92 Å². The fraction of sp³-hybridized carbons (Fsp3) is 0.222. The third-order valence-corrected chi connectivity index (χ3v) is 4.81. The van der Waals surface area contributed by atoms with Crippen LogP contribution in [0.4, 0.5) is 15.8 Å². The quantitative estimate of drug-likeness (QED) is 0.502. The van der Waals surface area contributed by atoms with E-state index >= 15 is 0 Å². The van der Waals surface area contributed by atoms with E-state index in [1.165, 1.54) is 12.1 Å². The molecule has 1 aliphatic heterocycles. The molecule has 2 aliphatic rings. The molecule has 5 heteroatoms. The number of benzene rings is 2. The van der Waals surface area contributed by atoms with Crippen molar-refractivity contribution in [2.45, 2.75) is 18.4 Å². The first kappa shape index (κ1) is 13.9. The van der Waals surface area contributed by atoms with Crippen LogP contribution in [0.2, 0.25) is 0 Å². The maximum Gasteiger partial charge on any atom is 0.292 e. The van der Waals surface area contributed by atoms with E-state index in [1.807, 2.05) is 6.07 Å². The molecule has 0 spiro atoms. The molecule has 4 rings (SSSR count). The van der Waals surface area contributed by atoms with Gasteiger partial charge in [-0.1, -0.05) is 42.5 Å². The first-order chi connectivity index (χ1) is 11.2. The highest BCUT2D eigenvalue weighted by Crippen LogP contribution is 2.52. The molecular formula is C18H15FN2O2.